The number of anilines is 1. The molecule has 2 heterocycles. The zero-order chi connectivity index (χ0) is 19.5. The SMILES string of the molecule is O=C(CNC(=O)c1ccc(Br)o1)Nc1cccc(-c2nc3ccccc3s2)c1. The molecule has 4 rings (SSSR count). The number of halogens is 1. The van der Waals surface area contributed by atoms with Gasteiger partial charge in [-0.15, -0.1) is 11.3 Å². The Morgan fingerprint density at radius 3 is 2.71 bits per heavy atom. The number of fused-ring (bicyclic) bond motifs is 1. The van der Waals surface area contributed by atoms with Gasteiger partial charge in [-0.25, -0.2) is 4.98 Å². The predicted octanol–water partition coefficient (Wildman–Crippen LogP) is 4.69. The lowest BCUT2D eigenvalue weighted by atomic mass is 10.2. The van der Waals surface area contributed by atoms with Gasteiger partial charge in [-0.05, 0) is 52.3 Å². The van der Waals surface area contributed by atoms with Gasteiger partial charge in [0.1, 0.15) is 5.01 Å². The van der Waals surface area contributed by atoms with Crippen molar-refractivity contribution in [1.82, 2.24) is 10.3 Å². The predicted molar refractivity (Wildman–Crippen MR) is 112 cm³/mol. The monoisotopic (exact) mass is 455 g/mol. The fourth-order valence-corrected chi connectivity index (χ4v) is 3.88. The van der Waals surface area contributed by atoms with Crippen molar-refractivity contribution < 1.29 is 14.0 Å². The number of para-hydroxylation sites is 1. The van der Waals surface area contributed by atoms with Crippen molar-refractivity contribution in [3.8, 4) is 10.6 Å². The molecule has 0 saturated carbocycles. The van der Waals surface area contributed by atoms with Gasteiger partial charge in [0.15, 0.2) is 10.4 Å². The molecule has 0 unspecified atom stereocenters. The summed E-state index contributed by atoms with van der Waals surface area (Å²) < 4.78 is 6.72. The van der Waals surface area contributed by atoms with Crippen LogP contribution in [0.1, 0.15) is 10.6 Å². The maximum absolute atomic E-state index is 12.2. The summed E-state index contributed by atoms with van der Waals surface area (Å²) in [6, 6.07) is 18.5. The Labute approximate surface area is 172 Å². The third kappa shape index (κ3) is 4.13. The lowest BCUT2D eigenvalue weighted by Gasteiger charge is -2.07. The van der Waals surface area contributed by atoms with Gasteiger partial charge in [0.25, 0.3) is 5.91 Å². The lowest BCUT2D eigenvalue weighted by molar-refractivity contribution is -0.115. The van der Waals surface area contributed by atoms with E-state index in [1.165, 1.54) is 6.07 Å². The summed E-state index contributed by atoms with van der Waals surface area (Å²) in [4.78, 5) is 28.7. The second kappa shape index (κ2) is 7.95. The number of nitrogens with zero attached hydrogens (tertiary/aromatic N) is 1. The normalized spacial score (nSPS) is 10.8. The smallest absolute Gasteiger partial charge is 0.287 e. The highest BCUT2D eigenvalue weighted by Crippen LogP contribution is 2.31. The number of furan rings is 1. The Morgan fingerprint density at radius 2 is 1.93 bits per heavy atom. The number of carbonyl (C=O) groups is 2. The molecule has 2 aromatic carbocycles. The topological polar surface area (TPSA) is 84.2 Å². The van der Waals surface area contributed by atoms with Gasteiger partial charge < -0.3 is 15.1 Å². The van der Waals surface area contributed by atoms with E-state index in [1.54, 1.807) is 23.5 Å². The minimum Gasteiger partial charge on any atom is -0.444 e. The van der Waals surface area contributed by atoms with Crippen LogP contribution in [0, 0.1) is 0 Å². The zero-order valence-electron chi connectivity index (χ0n) is 14.4. The molecular formula is C20H14BrN3O3S. The molecule has 0 fully saturated rings. The second-order valence-corrected chi connectivity index (χ2v) is 7.71. The highest BCUT2D eigenvalue weighted by atomic mass is 79.9. The molecule has 0 radical (unpaired) electrons. The Balaban J connectivity index is 1.41. The van der Waals surface area contributed by atoms with Crippen LogP contribution in [-0.2, 0) is 4.79 Å². The zero-order valence-corrected chi connectivity index (χ0v) is 16.8. The molecule has 0 saturated heterocycles. The van der Waals surface area contributed by atoms with Crippen molar-refractivity contribution >= 4 is 55.0 Å². The van der Waals surface area contributed by atoms with Crippen LogP contribution in [0.5, 0.6) is 0 Å². The molecule has 2 amide bonds. The average molecular weight is 456 g/mol. The van der Waals surface area contributed by atoms with Gasteiger partial charge in [-0.2, -0.15) is 0 Å². The van der Waals surface area contributed by atoms with Crippen molar-refractivity contribution in [3.05, 3.63) is 71.1 Å². The van der Waals surface area contributed by atoms with Crippen LogP contribution < -0.4 is 10.6 Å². The number of rotatable bonds is 5. The molecule has 0 aliphatic carbocycles. The van der Waals surface area contributed by atoms with Crippen molar-refractivity contribution in [3.63, 3.8) is 0 Å². The van der Waals surface area contributed by atoms with Gasteiger partial charge in [0.05, 0.1) is 16.8 Å². The first-order valence-corrected chi connectivity index (χ1v) is 9.99. The number of hydrogen-bond acceptors (Lipinski definition) is 5. The summed E-state index contributed by atoms with van der Waals surface area (Å²) in [5.41, 5.74) is 2.50. The molecule has 0 bridgehead atoms. The number of benzene rings is 2. The first-order chi connectivity index (χ1) is 13.6. The van der Waals surface area contributed by atoms with E-state index in [0.717, 1.165) is 20.8 Å². The van der Waals surface area contributed by atoms with E-state index < -0.39 is 5.91 Å². The average Bonchev–Trinajstić information content (AvgIpc) is 3.32. The third-order valence-electron chi connectivity index (χ3n) is 3.89. The van der Waals surface area contributed by atoms with Crippen LogP contribution in [0.2, 0.25) is 0 Å². The molecule has 2 N–H and O–H groups in total. The van der Waals surface area contributed by atoms with Crippen molar-refractivity contribution in [1.29, 1.82) is 0 Å². The molecule has 4 aromatic rings. The first-order valence-electron chi connectivity index (χ1n) is 8.38. The van der Waals surface area contributed by atoms with Crippen LogP contribution in [0.25, 0.3) is 20.8 Å². The number of aromatic nitrogens is 1. The molecule has 6 nitrogen and oxygen atoms in total. The Hall–Kier alpha value is -2.97. The number of carbonyl (C=O) groups excluding carboxylic acids is 2. The Kier molecular flexibility index (Phi) is 5.23. The van der Waals surface area contributed by atoms with Crippen molar-refractivity contribution in [2.75, 3.05) is 11.9 Å². The minimum atomic E-state index is -0.455. The van der Waals surface area contributed by atoms with E-state index >= 15 is 0 Å². The van der Waals surface area contributed by atoms with Crippen molar-refractivity contribution in [2.24, 2.45) is 0 Å². The summed E-state index contributed by atoms with van der Waals surface area (Å²) in [7, 11) is 0. The van der Waals surface area contributed by atoms with Gasteiger partial charge >= 0.3 is 0 Å². The van der Waals surface area contributed by atoms with Crippen LogP contribution in [-0.4, -0.2) is 23.3 Å². The fraction of sp³-hybridized carbons (Fsp3) is 0.0500. The van der Waals surface area contributed by atoms with Gasteiger partial charge in [-0.1, -0.05) is 24.3 Å². The quantitative estimate of drug-likeness (QED) is 0.457. The number of hydrogen-bond donors (Lipinski definition) is 2. The highest BCUT2D eigenvalue weighted by Gasteiger charge is 2.12. The van der Waals surface area contributed by atoms with Crippen LogP contribution in [0.4, 0.5) is 5.69 Å². The maximum Gasteiger partial charge on any atom is 0.287 e. The molecule has 0 aliphatic heterocycles. The molecule has 0 aliphatic rings. The van der Waals surface area contributed by atoms with E-state index in [0.29, 0.717) is 10.4 Å². The summed E-state index contributed by atoms with van der Waals surface area (Å²) in [5, 5.41) is 6.19. The largest absolute Gasteiger partial charge is 0.444 e. The van der Waals surface area contributed by atoms with Gasteiger partial charge in [0.2, 0.25) is 5.91 Å². The highest BCUT2D eigenvalue weighted by molar-refractivity contribution is 9.10. The molecule has 0 atom stereocenters. The summed E-state index contributed by atoms with van der Waals surface area (Å²) in [6.07, 6.45) is 0. The summed E-state index contributed by atoms with van der Waals surface area (Å²) in [5.74, 6) is -0.651. The van der Waals surface area contributed by atoms with Gasteiger partial charge in [0, 0.05) is 11.3 Å². The van der Waals surface area contributed by atoms with E-state index in [4.69, 9.17) is 4.42 Å². The lowest BCUT2D eigenvalue weighted by Crippen LogP contribution is -2.32. The van der Waals surface area contributed by atoms with E-state index in [-0.39, 0.29) is 18.2 Å². The van der Waals surface area contributed by atoms with Gasteiger partial charge in [-0.3, -0.25) is 9.59 Å². The first kappa shape index (κ1) is 18.4. The summed E-state index contributed by atoms with van der Waals surface area (Å²) >= 11 is 4.73. The Morgan fingerprint density at radius 1 is 1.07 bits per heavy atom. The van der Waals surface area contributed by atoms with Crippen molar-refractivity contribution in [2.45, 2.75) is 0 Å². The molecule has 2 aromatic heterocycles. The molecule has 140 valence electrons. The van der Waals surface area contributed by atoms with Crippen LogP contribution >= 0.6 is 27.3 Å². The van der Waals surface area contributed by atoms with E-state index in [1.807, 2.05) is 42.5 Å². The summed E-state index contributed by atoms with van der Waals surface area (Å²) in [6.45, 7) is -0.164. The van der Waals surface area contributed by atoms with Crippen LogP contribution in [0.15, 0.2) is 69.8 Å². The number of amides is 2. The second-order valence-electron chi connectivity index (χ2n) is 5.90. The van der Waals surface area contributed by atoms with Crippen LogP contribution in [0.3, 0.4) is 0 Å². The molecule has 8 heteroatoms. The maximum atomic E-state index is 12.2. The standard InChI is InChI=1S/C20H14BrN3O3S/c21-17-9-8-15(27-17)19(26)22-11-18(25)23-13-5-3-4-12(10-13)20-24-14-6-1-2-7-16(14)28-20/h1-10H,11H2,(H,22,26)(H,23,25). The number of nitrogens with one attached hydrogen (secondary N) is 2. The minimum absolute atomic E-state index is 0.137. The van der Waals surface area contributed by atoms with E-state index in [9.17, 15) is 9.59 Å². The molecular weight excluding hydrogens is 442 g/mol. The Bertz CT molecular complexity index is 1140. The fourth-order valence-electron chi connectivity index (χ4n) is 2.61. The van der Waals surface area contributed by atoms with E-state index in [2.05, 4.69) is 31.5 Å². The third-order valence-corrected chi connectivity index (χ3v) is 5.41. The number of thiazole rings is 1. The molecule has 28 heavy (non-hydrogen) atoms. The molecule has 0 spiro atoms.